The molecule has 3 heteroatoms. The van der Waals surface area contributed by atoms with Gasteiger partial charge in [-0.1, -0.05) is 30.3 Å². The molecule has 86 valence electrons. The normalized spacial score (nSPS) is 9.94. The molecule has 0 saturated heterocycles. The summed E-state index contributed by atoms with van der Waals surface area (Å²) in [4.78, 5) is 12.2. The average molecular weight is 228 g/mol. The summed E-state index contributed by atoms with van der Waals surface area (Å²) < 4.78 is 5.11. The Bertz CT molecular complexity index is 532. The van der Waals surface area contributed by atoms with E-state index in [0.29, 0.717) is 16.9 Å². The highest BCUT2D eigenvalue weighted by Gasteiger charge is 2.14. The van der Waals surface area contributed by atoms with Crippen molar-refractivity contribution in [1.82, 2.24) is 0 Å². The summed E-state index contributed by atoms with van der Waals surface area (Å²) in [6, 6.07) is 13.4. The zero-order valence-electron chi connectivity index (χ0n) is 9.38. The highest BCUT2D eigenvalue weighted by atomic mass is 16.5. The van der Waals surface area contributed by atoms with Crippen molar-refractivity contribution < 1.29 is 14.6 Å². The van der Waals surface area contributed by atoms with Crippen LogP contribution in [0.3, 0.4) is 0 Å². The molecule has 3 nitrogen and oxygen atoms in total. The molecule has 0 spiro atoms. The summed E-state index contributed by atoms with van der Waals surface area (Å²) in [6.45, 7) is 0. The zero-order chi connectivity index (χ0) is 12.3. The molecule has 0 heterocycles. The van der Waals surface area contributed by atoms with Crippen LogP contribution in [0.4, 0.5) is 0 Å². The van der Waals surface area contributed by atoms with Crippen molar-refractivity contribution in [2.24, 2.45) is 0 Å². The van der Waals surface area contributed by atoms with Crippen LogP contribution in [0.25, 0.3) is 0 Å². The van der Waals surface area contributed by atoms with E-state index in [1.54, 1.807) is 30.3 Å². The summed E-state index contributed by atoms with van der Waals surface area (Å²) in [6.07, 6.45) is 0. The van der Waals surface area contributed by atoms with Crippen LogP contribution in [-0.4, -0.2) is 18.0 Å². The smallest absolute Gasteiger partial charge is 0.196 e. The summed E-state index contributed by atoms with van der Waals surface area (Å²) in [5.74, 6) is 0.333. The number of carbonyl (C=O) groups excluding carboxylic acids is 1. The molecular weight excluding hydrogens is 216 g/mol. The van der Waals surface area contributed by atoms with E-state index in [1.807, 2.05) is 6.07 Å². The molecule has 0 unspecified atom stereocenters. The van der Waals surface area contributed by atoms with Crippen LogP contribution in [0.1, 0.15) is 15.9 Å². The third kappa shape index (κ3) is 2.28. The summed E-state index contributed by atoms with van der Waals surface area (Å²) in [5.41, 5.74) is 0.926. The first-order chi connectivity index (χ1) is 8.22. The largest absolute Gasteiger partial charge is 0.508 e. The lowest BCUT2D eigenvalue weighted by atomic mass is 10.0. The number of phenols is 1. The highest BCUT2D eigenvalue weighted by Crippen LogP contribution is 2.25. The predicted octanol–water partition coefficient (Wildman–Crippen LogP) is 2.63. The minimum atomic E-state index is -0.168. The fraction of sp³-hybridized carbons (Fsp3) is 0.0714. The van der Waals surface area contributed by atoms with E-state index in [-0.39, 0.29) is 11.5 Å². The third-order valence-corrected chi connectivity index (χ3v) is 2.46. The quantitative estimate of drug-likeness (QED) is 0.821. The summed E-state index contributed by atoms with van der Waals surface area (Å²) in [7, 11) is 1.49. The second kappa shape index (κ2) is 4.70. The number of ether oxygens (including phenoxy) is 1. The van der Waals surface area contributed by atoms with Crippen LogP contribution in [0.15, 0.2) is 48.5 Å². The maximum Gasteiger partial charge on any atom is 0.196 e. The van der Waals surface area contributed by atoms with Gasteiger partial charge in [0.15, 0.2) is 5.78 Å². The third-order valence-electron chi connectivity index (χ3n) is 2.46. The SMILES string of the molecule is COc1ccc(O)cc1C(=O)c1ccccc1. The standard InChI is InChI=1S/C14H12O3/c1-17-13-8-7-11(15)9-12(13)14(16)10-5-3-2-4-6-10/h2-9,15H,1H3. The predicted molar refractivity (Wildman–Crippen MR) is 64.5 cm³/mol. The molecule has 0 radical (unpaired) electrons. The topological polar surface area (TPSA) is 46.5 Å². The lowest BCUT2D eigenvalue weighted by Gasteiger charge is -2.07. The first-order valence-electron chi connectivity index (χ1n) is 5.19. The van der Waals surface area contributed by atoms with Crippen LogP contribution in [0.2, 0.25) is 0 Å². The van der Waals surface area contributed by atoms with E-state index in [4.69, 9.17) is 4.74 Å². The van der Waals surface area contributed by atoms with Gasteiger partial charge in [0.25, 0.3) is 0 Å². The van der Waals surface area contributed by atoms with Gasteiger partial charge in [0.05, 0.1) is 12.7 Å². The van der Waals surface area contributed by atoms with Gasteiger partial charge in [0, 0.05) is 5.56 Å². The molecule has 0 bridgehead atoms. The van der Waals surface area contributed by atoms with Crippen molar-refractivity contribution in [1.29, 1.82) is 0 Å². The van der Waals surface area contributed by atoms with E-state index in [9.17, 15) is 9.90 Å². The Morgan fingerprint density at radius 1 is 1.12 bits per heavy atom. The van der Waals surface area contributed by atoms with Gasteiger partial charge in [0.1, 0.15) is 11.5 Å². The number of benzene rings is 2. The molecule has 0 aliphatic rings. The van der Waals surface area contributed by atoms with E-state index in [2.05, 4.69) is 0 Å². The van der Waals surface area contributed by atoms with Crippen LogP contribution < -0.4 is 4.74 Å². The molecule has 0 amide bonds. The number of methoxy groups -OCH3 is 1. The molecule has 0 fully saturated rings. The van der Waals surface area contributed by atoms with Gasteiger partial charge in [-0.25, -0.2) is 0 Å². The number of phenolic OH excluding ortho intramolecular Hbond substituents is 1. The first kappa shape index (κ1) is 11.2. The second-order valence-electron chi connectivity index (χ2n) is 3.58. The molecule has 0 aliphatic carbocycles. The number of hydrogen-bond donors (Lipinski definition) is 1. The lowest BCUT2D eigenvalue weighted by molar-refractivity contribution is 0.103. The van der Waals surface area contributed by atoms with Crippen LogP contribution in [0.5, 0.6) is 11.5 Å². The summed E-state index contributed by atoms with van der Waals surface area (Å²) >= 11 is 0. The minimum absolute atomic E-state index is 0.0464. The number of hydrogen-bond acceptors (Lipinski definition) is 3. The monoisotopic (exact) mass is 228 g/mol. The minimum Gasteiger partial charge on any atom is -0.508 e. The Labute approximate surface area is 99.3 Å². The van der Waals surface area contributed by atoms with Crippen LogP contribution in [0, 0.1) is 0 Å². The van der Waals surface area contributed by atoms with Gasteiger partial charge in [-0.15, -0.1) is 0 Å². The zero-order valence-corrected chi connectivity index (χ0v) is 9.38. The fourth-order valence-corrected chi connectivity index (χ4v) is 1.62. The molecule has 17 heavy (non-hydrogen) atoms. The Hall–Kier alpha value is -2.29. The van der Waals surface area contributed by atoms with E-state index in [0.717, 1.165) is 0 Å². The van der Waals surface area contributed by atoms with E-state index < -0.39 is 0 Å². The molecule has 2 aromatic rings. The van der Waals surface area contributed by atoms with Crippen molar-refractivity contribution >= 4 is 5.78 Å². The van der Waals surface area contributed by atoms with Crippen molar-refractivity contribution in [3.05, 3.63) is 59.7 Å². The van der Waals surface area contributed by atoms with Crippen molar-refractivity contribution in [3.8, 4) is 11.5 Å². The van der Waals surface area contributed by atoms with E-state index in [1.165, 1.54) is 19.2 Å². The van der Waals surface area contributed by atoms with Crippen molar-refractivity contribution in [2.75, 3.05) is 7.11 Å². The van der Waals surface area contributed by atoms with Crippen LogP contribution >= 0.6 is 0 Å². The molecule has 0 atom stereocenters. The van der Waals surface area contributed by atoms with Gasteiger partial charge in [-0.3, -0.25) is 4.79 Å². The number of aromatic hydroxyl groups is 1. The Morgan fingerprint density at radius 3 is 2.47 bits per heavy atom. The number of ketones is 1. The van der Waals surface area contributed by atoms with Crippen molar-refractivity contribution in [2.45, 2.75) is 0 Å². The molecule has 0 aliphatic heterocycles. The van der Waals surface area contributed by atoms with Gasteiger partial charge in [0.2, 0.25) is 0 Å². The van der Waals surface area contributed by atoms with Gasteiger partial charge in [-0.2, -0.15) is 0 Å². The molecule has 0 saturated carbocycles. The first-order valence-corrected chi connectivity index (χ1v) is 5.19. The maximum atomic E-state index is 12.2. The number of rotatable bonds is 3. The van der Waals surface area contributed by atoms with E-state index >= 15 is 0 Å². The van der Waals surface area contributed by atoms with Gasteiger partial charge >= 0.3 is 0 Å². The lowest BCUT2D eigenvalue weighted by Crippen LogP contribution is -2.03. The highest BCUT2D eigenvalue weighted by molar-refractivity contribution is 6.10. The van der Waals surface area contributed by atoms with Gasteiger partial charge < -0.3 is 9.84 Å². The molecule has 2 rings (SSSR count). The Kier molecular flexibility index (Phi) is 3.10. The molecular formula is C14H12O3. The maximum absolute atomic E-state index is 12.2. The van der Waals surface area contributed by atoms with Crippen LogP contribution in [-0.2, 0) is 0 Å². The molecule has 1 N–H and O–H groups in total. The fourth-order valence-electron chi connectivity index (χ4n) is 1.62. The second-order valence-corrected chi connectivity index (χ2v) is 3.58. The van der Waals surface area contributed by atoms with Crippen molar-refractivity contribution in [3.63, 3.8) is 0 Å². The Morgan fingerprint density at radius 2 is 1.82 bits per heavy atom. The molecule has 0 aromatic heterocycles. The van der Waals surface area contributed by atoms with Gasteiger partial charge in [-0.05, 0) is 18.2 Å². The molecule has 2 aromatic carbocycles. The summed E-state index contributed by atoms with van der Waals surface area (Å²) in [5, 5.41) is 9.42. The number of carbonyl (C=O) groups is 1. The Balaban J connectivity index is 2.47. The average Bonchev–Trinajstić information content (AvgIpc) is 2.39.